The smallest absolute Gasteiger partial charge is 0.319 e. The number of fused-ring (bicyclic) bond motifs is 1. The molecule has 166 valence electrons. The van der Waals surface area contributed by atoms with E-state index < -0.39 is 17.5 Å². The van der Waals surface area contributed by atoms with Gasteiger partial charge < -0.3 is 10.2 Å². The van der Waals surface area contributed by atoms with Crippen molar-refractivity contribution in [2.75, 3.05) is 18.0 Å². The van der Waals surface area contributed by atoms with Crippen molar-refractivity contribution in [3.05, 3.63) is 77.9 Å². The maximum Gasteiger partial charge on any atom is 0.325 e. The van der Waals surface area contributed by atoms with Gasteiger partial charge in [0.15, 0.2) is 5.78 Å². The Hall–Kier alpha value is -4.00. The van der Waals surface area contributed by atoms with E-state index in [9.17, 15) is 19.2 Å². The molecule has 1 N–H and O–H groups in total. The van der Waals surface area contributed by atoms with E-state index in [1.54, 1.807) is 36.1 Å². The Bertz CT molecular complexity index is 1320. The second kappa shape index (κ2) is 7.85. The Kier molecular flexibility index (Phi) is 4.96. The highest BCUT2D eigenvalue weighted by Gasteiger charge is 2.49. The van der Waals surface area contributed by atoms with E-state index in [1.807, 2.05) is 42.5 Å². The molecule has 33 heavy (non-hydrogen) atoms. The highest BCUT2D eigenvalue weighted by atomic mass is 16.2. The first-order valence-corrected chi connectivity index (χ1v) is 10.9. The Morgan fingerprint density at radius 3 is 2.52 bits per heavy atom. The fourth-order valence-corrected chi connectivity index (χ4v) is 4.54. The van der Waals surface area contributed by atoms with Crippen molar-refractivity contribution in [3.63, 3.8) is 0 Å². The maximum absolute atomic E-state index is 13.3. The maximum atomic E-state index is 13.3. The molecule has 2 aliphatic heterocycles. The molecule has 1 unspecified atom stereocenters. The minimum absolute atomic E-state index is 0.0276. The average Bonchev–Trinajstić information content (AvgIpc) is 3.35. The van der Waals surface area contributed by atoms with Gasteiger partial charge in [-0.3, -0.25) is 19.3 Å². The van der Waals surface area contributed by atoms with Crippen LogP contribution in [0.3, 0.4) is 0 Å². The fraction of sp³-hybridized carbons (Fsp3) is 0.231. The molecule has 0 radical (unpaired) electrons. The Morgan fingerprint density at radius 1 is 0.970 bits per heavy atom. The van der Waals surface area contributed by atoms with Crippen LogP contribution in [0.5, 0.6) is 0 Å². The van der Waals surface area contributed by atoms with Gasteiger partial charge in [0.2, 0.25) is 5.91 Å². The van der Waals surface area contributed by atoms with Gasteiger partial charge in [-0.2, -0.15) is 0 Å². The zero-order valence-electron chi connectivity index (χ0n) is 18.2. The highest BCUT2D eigenvalue weighted by Crippen LogP contribution is 2.31. The molecule has 2 heterocycles. The number of carbonyl (C=O) groups is 4. The second-order valence-electron chi connectivity index (χ2n) is 8.63. The molecule has 0 aliphatic carbocycles. The van der Waals surface area contributed by atoms with Crippen LogP contribution in [0.1, 0.15) is 35.7 Å². The van der Waals surface area contributed by atoms with Crippen LogP contribution >= 0.6 is 0 Å². The third-order valence-corrected chi connectivity index (χ3v) is 6.46. The van der Waals surface area contributed by atoms with Crippen molar-refractivity contribution in [2.24, 2.45) is 0 Å². The minimum Gasteiger partial charge on any atom is -0.319 e. The summed E-state index contributed by atoms with van der Waals surface area (Å²) in [6, 6.07) is 19.6. The number of amides is 4. The summed E-state index contributed by atoms with van der Waals surface area (Å²) >= 11 is 0. The molecule has 7 heteroatoms. The Balaban J connectivity index is 1.38. The van der Waals surface area contributed by atoms with Crippen molar-refractivity contribution >= 4 is 40.1 Å². The zero-order valence-corrected chi connectivity index (χ0v) is 18.2. The molecule has 2 aliphatic rings. The average molecular weight is 441 g/mol. The lowest BCUT2D eigenvalue weighted by Crippen LogP contribution is -2.41. The van der Waals surface area contributed by atoms with Gasteiger partial charge in [-0.15, -0.1) is 0 Å². The molecule has 5 rings (SSSR count). The number of imide groups is 1. The molecule has 0 saturated carbocycles. The van der Waals surface area contributed by atoms with Crippen LogP contribution in [0.2, 0.25) is 0 Å². The van der Waals surface area contributed by atoms with Crippen LogP contribution < -0.4 is 10.2 Å². The number of anilines is 1. The van der Waals surface area contributed by atoms with Gasteiger partial charge in [0, 0.05) is 24.2 Å². The molecule has 0 bridgehead atoms. The number of ketones is 1. The molecule has 3 aromatic carbocycles. The van der Waals surface area contributed by atoms with Crippen molar-refractivity contribution in [1.29, 1.82) is 0 Å². The summed E-state index contributed by atoms with van der Waals surface area (Å²) in [4.78, 5) is 53.7. The van der Waals surface area contributed by atoms with E-state index in [0.717, 1.165) is 22.1 Å². The van der Waals surface area contributed by atoms with Gasteiger partial charge in [-0.05, 0) is 47.9 Å². The lowest BCUT2D eigenvalue weighted by atomic mass is 9.90. The molecule has 4 amide bonds. The molecular weight excluding hydrogens is 418 g/mol. The zero-order chi connectivity index (χ0) is 23.2. The minimum atomic E-state index is -1.26. The van der Waals surface area contributed by atoms with Crippen LogP contribution in [0.15, 0.2) is 66.7 Å². The summed E-state index contributed by atoms with van der Waals surface area (Å²) in [5, 5.41) is 4.75. The normalized spacial score (nSPS) is 20.6. The van der Waals surface area contributed by atoms with Crippen molar-refractivity contribution in [1.82, 2.24) is 10.2 Å². The SMILES string of the molecule is CC1(c2ccc3ccccc3c2)NC(=O)N(CC(=O)c2cccc(N3CCCC3=O)c2)C1=O. The van der Waals surface area contributed by atoms with Gasteiger partial charge in [0.25, 0.3) is 5.91 Å². The van der Waals surface area contributed by atoms with Gasteiger partial charge in [0.05, 0.1) is 6.54 Å². The standard InChI is InChI=1S/C26H23N3O4/c1-26(20-12-11-17-6-2-3-7-18(17)14-20)24(32)29(25(33)27-26)16-22(30)19-8-4-9-21(15-19)28-13-5-10-23(28)31/h2-4,6-9,11-12,14-15H,5,10,13,16H2,1H3,(H,27,33). The number of Topliss-reactive ketones (excluding diaryl/α,β-unsaturated/α-hetero) is 1. The summed E-state index contributed by atoms with van der Waals surface area (Å²) in [6.07, 6.45) is 1.28. The van der Waals surface area contributed by atoms with Gasteiger partial charge >= 0.3 is 6.03 Å². The van der Waals surface area contributed by atoms with Crippen LogP contribution in [0.4, 0.5) is 10.5 Å². The summed E-state index contributed by atoms with van der Waals surface area (Å²) in [5.41, 5.74) is 0.406. The van der Waals surface area contributed by atoms with Gasteiger partial charge in [0.1, 0.15) is 5.54 Å². The number of hydrogen-bond acceptors (Lipinski definition) is 4. The molecular formula is C26H23N3O4. The first-order valence-electron chi connectivity index (χ1n) is 10.9. The third-order valence-electron chi connectivity index (χ3n) is 6.46. The monoisotopic (exact) mass is 441 g/mol. The number of carbonyl (C=O) groups excluding carboxylic acids is 4. The van der Waals surface area contributed by atoms with E-state index in [4.69, 9.17) is 0 Å². The molecule has 7 nitrogen and oxygen atoms in total. The lowest BCUT2D eigenvalue weighted by molar-refractivity contribution is -0.130. The summed E-state index contributed by atoms with van der Waals surface area (Å²) in [6.45, 7) is 1.90. The molecule has 2 saturated heterocycles. The van der Waals surface area contributed by atoms with E-state index in [2.05, 4.69) is 5.32 Å². The number of rotatable bonds is 5. The Labute approximate surface area is 191 Å². The highest BCUT2D eigenvalue weighted by molar-refractivity contribution is 6.11. The lowest BCUT2D eigenvalue weighted by Gasteiger charge is -2.22. The summed E-state index contributed by atoms with van der Waals surface area (Å²) in [5.74, 6) is -0.809. The number of nitrogens with one attached hydrogen (secondary N) is 1. The van der Waals surface area contributed by atoms with Crippen molar-refractivity contribution < 1.29 is 19.2 Å². The predicted molar refractivity (Wildman–Crippen MR) is 124 cm³/mol. The molecule has 1 atom stereocenters. The van der Waals surface area contributed by atoms with Crippen LogP contribution in [0, 0.1) is 0 Å². The number of urea groups is 1. The van der Waals surface area contributed by atoms with E-state index in [1.165, 1.54) is 0 Å². The number of benzene rings is 3. The first-order chi connectivity index (χ1) is 15.9. The van der Waals surface area contributed by atoms with Crippen LogP contribution in [-0.4, -0.2) is 41.6 Å². The Morgan fingerprint density at radius 2 is 1.76 bits per heavy atom. The quantitative estimate of drug-likeness (QED) is 0.484. The van der Waals surface area contributed by atoms with E-state index in [0.29, 0.717) is 29.8 Å². The van der Waals surface area contributed by atoms with Crippen LogP contribution in [0.25, 0.3) is 10.8 Å². The fourth-order valence-electron chi connectivity index (χ4n) is 4.54. The van der Waals surface area contributed by atoms with Gasteiger partial charge in [-0.25, -0.2) is 4.79 Å². The largest absolute Gasteiger partial charge is 0.325 e. The topological polar surface area (TPSA) is 86.8 Å². The molecule has 2 fully saturated rings. The van der Waals surface area contributed by atoms with E-state index >= 15 is 0 Å². The van der Waals surface area contributed by atoms with Gasteiger partial charge in [-0.1, -0.05) is 48.5 Å². The second-order valence-corrected chi connectivity index (χ2v) is 8.63. The van der Waals surface area contributed by atoms with E-state index in [-0.39, 0.29) is 18.2 Å². The number of nitrogens with zero attached hydrogens (tertiary/aromatic N) is 2. The van der Waals surface area contributed by atoms with Crippen molar-refractivity contribution in [2.45, 2.75) is 25.3 Å². The summed E-state index contributed by atoms with van der Waals surface area (Å²) in [7, 11) is 0. The van der Waals surface area contributed by atoms with Crippen LogP contribution in [-0.2, 0) is 15.1 Å². The van der Waals surface area contributed by atoms with Crippen molar-refractivity contribution in [3.8, 4) is 0 Å². The number of hydrogen-bond donors (Lipinski definition) is 1. The molecule has 0 spiro atoms. The third kappa shape index (κ3) is 3.55. The molecule has 3 aromatic rings. The first kappa shape index (κ1) is 20.9. The summed E-state index contributed by atoms with van der Waals surface area (Å²) < 4.78 is 0. The predicted octanol–water partition coefficient (Wildman–Crippen LogP) is 3.62. The molecule has 0 aromatic heterocycles.